The largest absolute Gasteiger partial charge is 0.504 e. The minimum Gasteiger partial charge on any atom is -0.504 e. The van der Waals surface area contributed by atoms with E-state index in [9.17, 15) is 14.7 Å². The van der Waals surface area contributed by atoms with Gasteiger partial charge in [-0.1, -0.05) is 37.3 Å². The molecule has 132 valence electrons. The fraction of sp³-hybridized carbons (Fsp3) is 0.389. The Kier molecular flexibility index (Phi) is 4.74. The number of rotatable bonds is 5. The van der Waals surface area contributed by atoms with E-state index in [-0.39, 0.29) is 29.0 Å². The number of aromatic hydroxyl groups is 1. The van der Waals surface area contributed by atoms with Crippen molar-refractivity contribution in [3.63, 3.8) is 0 Å². The highest BCUT2D eigenvalue weighted by Crippen LogP contribution is 2.27. The highest BCUT2D eigenvalue weighted by atomic mass is 16.3. The molecule has 0 saturated heterocycles. The molecule has 3 rings (SSSR count). The Morgan fingerprint density at radius 1 is 1.28 bits per heavy atom. The summed E-state index contributed by atoms with van der Waals surface area (Å²) in [5.74, 6) is -1.00. The van der Waals surface area contributed by atoms with E-state index in [0.717, 1.165) is 12.0 Å². The van der Waals surface area contributed by atoms with Gasteiger partial charge in [0.2, 0.25) is 0 Å². The predicted octanol–water partition coefficient (Wildman–Crippen LogP) is 1.73. The first-order valence-corrected chi connectivity index (χ1v) is 8.41. The monoisotopic (exact) mass is 342 g/mol. The maximum Gasteiger partial charge on any atom is 0.278 e. The van der Waals surface area contributed by atoms with E-state index in [2.05, 4.69) is 5.10 Å². The molecule has 0 bridgehead atoms. The van der Waals surface area contributed by atoms with Crippen LogP contribution in [-0.2, 0) is 13.1 Å². The Bertz CT molecular complexity index is 785. The molecule has 1 aromatic heterocycles. The zero-order valence-electron chi connectivity index (χ0n) is 14.5. The zero-order chi connectivity index (χ0) is 18.0. The summed E-state index contributed by atoms with van der Waals surface area (Å²) >= 11 is 0. The van der Waals surface area contributed by atoms with Crippen molar-refractivity contribution in [2.24, 2.45) is 0 Å². The van der Waals surface area contributed by atoms with E-state index >= 15 is 0 Å². The fourth-order valence-electron chi connectivity index (χ4n) is 2.97. The molecule has 0 atom stereocenters. The molecule has 0 spiro atoms. The summed E-state index contributed by atoms with van der Waals surface area (Å²) in [5, 5.41) is 14.6. The van der Waals surface area contributed by atoms with Crippen molar-refractivity contribution < 1.29 is 14.7 Å². The number of likely N-dealkylation sites (N-methyl/N-ethyl adjacent to an activating group) is 1. The van der Waals surface area contributed by atoms with Gasteiger partial charge in [-0.05, 0) is 12.0 Å². The molecule has 1 aliphatic rings. The second kappa shape index (κ2) is 6.96. The molecule has 0 aliphatic carbocycles. The van der Waals surface area contributed by atoms with Crippen molar-refractivity contribution >= 4 is 11.8 Å². The molecule has 0 radical (unpaired) electrons. The number of fused-ring (bicyclic) bond motifs is 1. The highest BCUT2D eigenvalue weighted by Gasteiger charge is 2.33. The van der Waals surface area contributed by atoms with Gasteiger partial charge in [0.1, 0.15) is 0 Å². The summed E-state index contributed by atoms with van der Waals surface area (Å²) in [4.78, 5) is 28.3. The normalized spacial score (nSPS) is 13.7. The number of nitrogens with zero attached hydrogens (tertiary/aromatic N) is 4. The number of aromatic nitrogens is 2. The summed E-state index contributed by atoms with van der Waals surface area (Å²) in [7, 11) is 1.67. The first kappa shape index (κ1) is 17.0. The molecule has 7 nitrogen and oxygen atoms in total. The van der Waals surface area contributed by atoms with Gasteiger partial charge >= 0.3 is 0 Å². The standard InChI is InChI=1S/C18H22N4O3/c1-3-9-21(12-13-7-5-4-6-8-13)17(24)14-16(23)15-18(25)20(2)10-11-22(15)19-14/h4-8,23H,3,9-12H2,1-2H3. The van der Waals surface area contributed by atoms with Crippen LogP contribution in [-0.4, -0.2) is 56.6 Å². The van der Waals surface area contributed by atoms with Crippen LogP contribution in [0.4, 0.5) is 0 Å². The molecule has 1 aliphatic heterocycles. The lowest BCUT2D eigenvalue weighted by molar-refractivity contribution is 0.0726. The Morgan fingerprint density at radius 3 is 2.68 bits per heavy atom. The average Bonchev–Trinajstić information content (AvgIpc) is 2.95. The Balaban J connectivity index is 1.90. The van der Waals surface area contributed by atoms with E-state index in [1.54, 1.807) is 11.9 Å². The number of benzene rings is 1. The third kappa shape index (κ3) is 3.22. The quantitative estimate of drug-likeness (QED) is 0.897. The van der Waals surface area contributed by atoms with Gasteiger partial charge in [0.15, 0.2) is 17.1 Å². The van der Waals surface area contributed by atoms with Gasteiger partial charge < -0.3 is 14.9 Å². The number of carbonyl (C=O) groups excluding carboxylic acids is 2. The molecule has 0 fully saturated rings. The maximum atomic E-state index is 12.9. The van der Waals surface area contributed by atoms with Crippen molar-refractivity contribution in [1.82, 2.24) is 19.6 Å². The molecule has 2 heterocycles. The first-order chi connectivity index (χ1) is 12.0. The predicted molar refractivity (Wildman–Crippen MR) is 92.3 cm³/mol. The smallest absolute Gasteiger partial charge is 0.278 e. The first-order valence-electron chi connectivity index (χ1n) is 8.41. The van der Waals surface area contributed by atoms with E-state index < -0.39 is 0 Å². The van der Waals surface area contributed by atoms with Gasteiger partial charge in [-0.3, -0.25) is 14.3 Å². The van der Waals surface area contributed by atoms with Crippen molar-refractivity contribution in [1.29, 1.82) is 0 Å². The molecule has 2 aromatic rings. The van der Waals surface area contributed by atoms with Crippen molar-refractivity contribution in [3.05, 3.63) is 47.3 Å². The van der Waals surface area contributed by atoms with E-state index in [1.807, 2.05) is 37.3 Å². The van der Waals surface area contributed by atoms with Crippen LogP contribution >= 0.6 is 0 Å². The summed E-state index contributed by atoms with van der Waals surface area (Å²) in [6.07, 6.45) is 0.786. The average molecular weight is 342 g/mol. The van der Waals surface area contributed by atoms with Crippen LogP contribution in [0.15, 0.2) is 30.3 Å². The van der Waals surface area contributed by atoms with Crippen LogP contribution in [0.1, 0.15) is 39.9 Å². The Labute approximate surface area is 146 Å². The molecule has 0 unspecified atom stereocenters. The van der Waals surface area contributed by atoms with Crippen LogP contribution in [0.5, 0.6) is 5.75 Å². The lowest BCUT2D eigenvalue weighted by atomic mass is 10.2. The summed E-state index contributed by atoms with van der Waals surface area (Å²) in [6, 6.07) is 9.67. The van der Waals surface area contributed by atoms with Gasteiger partial charge in [-0.2, -0.15) is 5.10 Å². The molecular weight excluding hydrogens is 320 g/mol. The minimum absolute atomic E-state index is 0.0527. The van der Waals surface area contributed by atoms with Crippen LogP contribution in [0, 0.1) is 0 Å². The third-order valence-corrected chi connectivity index (χ3v) is 4.32. The molecule has 2 amide bonds. The van der Waals surface area contributed by atoms with Gasteiger partial charge in [-0.15, -0.1) is 0 Å². The van der Waals surface area contributed by atoms with Gasteiger partial charge in [0, 0.05) is 26.7 Å². The maximum absolute atomic E-state index is 12.9. The molecule has 7 heteroatoms. The van der Waals surface area contributed by atoms with Crippen LogP contribution < -0.4 is 0 Å². The van der Waals surface area contributed by atoms with E-state index in [0.29, 0.717) is 26.2 Å². The SMILES string of the molecule is CCCN(Cc1ccccc1)C(=O)c1nn2c(c1O)C(=O)N(C)CC2. The topological polar surface area (TPSA) is 78.7 Å². The van der Waals surface area contributed by atoms with Crippen molar-refractivity contribution in [2.75, 3.05) is 20.1 Å². The van der Waals surface area contributed by atoms with Gasteiger partial charge in [0.05, 0.1) is 6.54 Å². The molecule has 1 aromatic carbocycles. The van der Waals surface area contributed by atoms with E-state index in [1.165, 1.54) is 9.58 Å². The molecule has 1 N–H and O–H groups in total. The summed E-state index contributed by atoms with van der Waals surface area (Å²) in [5.41, 5.74) is 1.04. The van der Waals surface area contributed by atoms with Gasteiger partial charge in [-0.25, -0.2) is 0 Å². The van der Waals surface area contributed by atoms with Crippen LogP contribution in [0.2, 0.25) is 0 Å². The van der Waals surface area contributed by atoms with E-state index in [4.69, 9.17) is 0 Å². The molecule has 0 saturated carbocycles. The Hall–Kier alpha value is -2.83. The Morgan fingerprint density at radius 2 is 2.00 bits per heavy atom. The molecular formula is C18H22N4O3. The fourth-order valence-corrected chi connectivity index (χ4v) is 2.97. The second-order valence-electron chi connectivity index (χ2n) is 6.21. The second-order valence-corrected chi connectivity index (χ2v) is 6.21. The van der Waals surface area contributed by atoms with Crippen molar-refractivity contribution in [3.8, 4) is 5.75 Å². The number of carbonyl (C=O) groups is 2. The van der Waals surface area contributed by atoms with Crippen LogP contribution in [0.25, 0.3) is 0 Å². The summed E-state index contributed by atoms with van der Waals surface area (Å²) in [6.45, 7) is 3.93. The third-order valence-electron chi connectivity index (χ3n) is 4.32. The van der Waals surface area contributed by atoms with Crippen molar-refractivity contribution in [2.45, 2.75) is 26.4 Å². The number of amides is 2. The lowest BCUT2D eigenvalue weighted by Gasteiger charge is -2.22. The molecule has 25 heavy (non-hydrogen) atoms. The van der Waals surface area contributed by atoms with Gasteiger partial charge in [0.25, 0.3) is 11.8 Å². The number of hydrogen-bond donors (Lipinski definition) is 1. The lowest BCUT2D eigenvalue weighted by Crippen LogP contribution is -2.37. The minimum atomic E-state index is -0.361. The summed E-state index contributed by atoms with van der Waals surface area (Å²) < 4.78 is 1.43. The van der Waals surface area contributed by atoms with Crippen LogP contribution in [0.3, 0.4) is 0 Å². The zero-order valence-corrected chi connectivity index (χ0v) is 14.5. The highest BCUT2D eigenvalue weighted by molar-refractivity contribution is 6.02. The number of hydrogen-bond acceptors (Lipinski definition) is 4.